The van der Waals surface area contributed by atoms with Crippen LogP contribution in [0.1, 0.15) is 0 Å². The molecule has 0 saturated carbocycles. The molecule has 3 aromatic heterocycles. The molecule has 3 heteroatoms. The van der Waals surface area contributed by atoms with E-state index in [4.69, 9.17) is 8.83 Å². The predicted molar refractivity (Wildman–Crippen MR) is 186 cm³/mol. The Morgan fingerprint density at radius 2 is 1.02 bits per heavy atom. The zero-order valence-corrected chi connectivity index (χ0v) is 24.2. The molecule has 0 atom stereocenters. The van der Waals surface area contributed by atoms with Gasteiger partial charge in [0.1, 0.15) is 22.3 Å². The van der Waals surface area contributed by atoms with Gasteiger partial charge >= 0.3 is 0 Å². The van der Waals surface area contributed by atoms with Crippen molar-refractivity contribution in [1.29, 1.82) is 0 Å². The number of benzene rings is 7. The van der Waals surface area contributed by atoms with E-state index < -0.39 is 0 Å². The van der Waals surface area contributed by atoms with E-state index in [1.54, 1.807) is 0 Å². The summed E-state index contributed by atoms with van der Waals surface area (Å²) >= 11 is 0. The summed E-state index contributed by atoms with van der Waals surface area (Å²) in [6.45, 7) is 0. The highest BCUT2D eigenvalue weighted by molar-refractivity contribution is 6.15. The molecule has 210 valence electrons. The van der Waals surface area contributed by atoms with Gasteiger partial charge in [-0.15, -0.1) is 0 Å². The second kappa shape index (κ2) is 9.22. The van der Waals surface area contributed by atoms with E-state index in [2.05, 4.69) is 132 Å². The summed E-state index contributed by atoms with van der Waals surface area (Å²) in [7, 11) is 0. The van der Waals surface area contributed by atoms with Crippen LogP contribution in [-0.4, -0.2) is 4.57 Å². The lowest BCUT2D eigenvalue weighted by Gasteiger charge is -2.10. The lowest BCUT2D eigenvalue weighted by Crippen LogP contribution is -1.94. The SMILES string of the molecule is c1cc(-c2ccc3c(c2)c2ccccc2n3-c2cccc3oc4ccccc4c23)cc(-c2cccc3c2oc2ccccc23)c1. The predicted octanol–water partition coefficient (Wildman–Crippen LogP) is 11.9. The van der Waals surface area contributed by atoms with E-state index in [9.17, 15) is 0 Å². The molecule has 3 heterocycles. The van der Waals surface area contributed by atoms with Crippen LogP contribution in [-0.2, 0) is 0 Å². The van der Waals surface area contributed by atoms with Crippen molar-refractivity contribution in [3.8, 4) is 27.9 Å². The summed E-state index contributed by atoms with van der Waals surface area (Å²) in [4.78, 5) is 0. The Hall–Kier alpha value is -6.06. The molecule has 10 rings (SSSR count). The first-order valence-corrected chi connectivity index (χ1v) is 15.3. The second-order valence-corrected chi connectivity index (χ2v) is 11.7. The maximum Gasteiger partial charge on any atom is 0.143 e. The number of nitrogens with zero attached hydrogens (tertiary/aromatic N) is 1. The smallest absolute Gasteiger partial charge is 0.143 e. The number of fused-ring (bicyclic) bond motifs is 9. The van der Waals surface area contributed by atoms with Crippen LogP contribution in [0.3, 0.4) is 0 Å². The molecule has 0 N–H and O–H groups in total. The molecule has 0 fully saturated rings. The fraction of sp³-hybridized carbons (Fsp3) is 0. The highest BCUT2D eigenvalue weighted by Gasteiger charge is 2.18. The molecule has 0 bridgehead atoms. The van der Waals surface area contributed by atoms with Crippen molar-refractivity contribution in [2.45, 2.75) is 0 Å². The third kappa shape index (κ3) is 3.52. The lowest BCUT2D eigenvalue weighted by molar-refractivity contribution is 0.668. The summed E-state index contributed by atoms with van der Waals surface area (Å²) < 4.78 is 15.0. The molecule has 0 aliphatic heterocycles. The first-order chi connectivity index (χ1) is 22.3. The first kappa shape index (κ1) is 24.4. The number of rotatable bonds is 3. The van der Waals surface area contributed by atoms with Gasteiger partial charge in [0.2, 0.25) is 0 Å². The summed E-state index contributed by atoms with van der Waals surface area (Å²) in [6.07, 6.45) is 0. The van der Waals surface area contributed by atoms with E-state index in [0.29, 0.717) is 0 Å². The van der Waals surface area contributed by atoms with Crippen molar-refractivity contribution >= 4 is 65.7 Å². The Labute approximate surface area is 258 Å². The molecule has 0 unspecified atom stereocenters. The Bertz CT molecular complexity index is 2770. The van der Waals surface area contributed by atoms with Crippen LogP contribution in [0.5, 0.6) is 0 Å². The van der Waals surface area contributed by atoms with Crippen molar-refractivity contribution in [2.24, 2.45) is 0 Å². The number of furan rings is 2. The third-order valence-corrected chi connectivity index (χ3v) is 9.21. The number of para-hydroxylation sites is 4. The molecule has 7 aromatic carbocycles. The first-order valence-electron chi connectivity index (χ1n) is 15.3. The van der Waals surface area contributed by atoms with Gasteiger partial charge in [-0.25, -0.2) is 0 Å². The Morgan fingerprint density at radius 3 is 1.93 bits per heavy atom. The van der Waals surface area contributed by atoms with E-state index >= 15 is 0 Å². The zero-order chi connectivity index (χ0) is 29.5. The van der Waals surface area contributed by atoms with Crippen molar-refractivity contribution in [3.05, 3.63) is 152 Å². The Balaban J connectivity index is 1.17. The topological polar surface area (TPSA) is 31.2 Å². The van der Waals surface area contributed by atoms with Crippen LogP contribution in [0.2, 0.25) is 0 Å². The summed E-state index contributed by atoms with van der Waals surface area (Å²) in [6, 6.07) is 53.6. The van der Waals surface area contributed by atoms with Crippen LogP contribution in [0.4, 0.5) is 0 Å². The van der Waals surface area contributed by atoms with Crippen LogP contribution >= 0.6 is 0 Å². The minimum absolute atomic E-state index is 0.896. The second-order valence-electron chi connectivity index (χ2n) is 11.7. The van der Waals surface area contributed by atoms with Crippen LogP contribution in [0.25, 0.3) is 93.6 Å². The maximum absolute atomic E-state index is 6.38. The molecule has 0 saturated heterocycles. The quantitative estimate of drug-likeness (QED) is 0.210. The van der Waals surface area contributed by atoms with E-state index in [1.807, 2.05) is 24.3 Å². The number of aromatic nitrogens is 1. The summed E-state index contributed by atoms with van der Waals surface area (Å²) in [5, 5.41) is 6.99. The van der Waals surface area contributed by atoms with Crippen LogP contribution < -0.4 is 0 Å². The standard InChI is InChI=1S/C42H25NO2/c1-4-17-35-30(12-1)34-25-27(22-23-36(34)43(35)37-18-9-21-40-41(37)33-14-3-6-20-39(33)44-40)26-10-7-11-28(24-26)29-15-8-16-32-31-13-2-5-19-38(31)45-42(29)32/h1-25H. The third-order valence-electron chi connectivity index (χ3n) is 9.21. The number of hydrogen-bond donors (Lipinski definition) is 0. The van der Waals surface area contributed by atoms with Gasteiger partial charge < -0.3 is 13.4 Å². The largest absolute Gasteiger partial charge is 0.456 e. The van der Waals surface area contributed by atoms with Gasteiger partial charge in [-0.2, -0.15) is 0 Å². The molecule has 45 heavy (non-hydrogen) atoms. The molecule has 0 amide bonds. The van der Waals surface area contributed by atoms with Crippen molar-refractivity contribution in [2.75, 3.05) is 0 Å². The Kier molecular flexibility index (Phi) is 5.00. The monoisotopic (exact) mass is 575 g/mol. The van der Waals surface area contributed by atoms with Gasteiger partial charge in [-0.05, 0) is 65.2 Å². The molecule has 0 spiro atoms. The lowest BCUT2D eigenvalue weighted by atomic mass is 9.97. The van der Waals surface area contributed by atoms with Crippen LogP contribution in [0.15, 0.2) is 160 Å². The van der Waals surface area contributed by atoms with Crippen molar-refractivity contribution < 1.29 is 8.83 Å². The average molecular weight is 576 g/mol. The van der Waals surface area contributed by atoms with Gasteiger partial charge in [0.15, 0.2) is 0 Å². The maximum atomic E-state index is 6.38. The summed E-state index contributed by atoms with van der Waals surface area (Å²) in [5.41, 5.74) is 11.7. The molecular weight excluding hydrogens is 550 g/mol. The van der Waals surface area contributed by atoms with E-state index in [1.165, 1.54) is 32.9 Å². The fourth-order valence-corrected chi connectivity index (χ4v) is 7.20. The molecular formula is C42H25NO2. The van der Waals surface area contributed by atoms with Gasteiger partial charge in [0.25, 0.3) is 0 Å². The summed E-state index contributed by atoms with van der Waals surface area (Å²) in [5.74, 6) is 0. The Morgan fingerprint density at radius 1 is 0.378 bits per heavy atom. The highest BCUT2D eigenvalue weighted by atomic mass is 16.3. The normalized spacial score (nSPS) is 12.0. The van der Waals surface area contributed by atoms with Crippen LogP contribution in [0, 0.1) is 0 Å². The average Bonchev–Trinajstić information content (AvgIpc) is 3.77. The molecule has 0 radical (unpaired) electrons. The molecule has 3 nitrogen and oxygen atoms in total. The van der Waals surface area contributed by atoms with Gasteiger partial charge in [0.05, 0.1) is 22.1 Å². The van der Waals surface area contributed by atoms with Crippen molar-refractivity contribution in [3.63, 3.8) is 0 Å². The minimum atomic E-state index is 0.896. The zero-order valence-electron chi connectivity index (χ0n) is 24.2. The van der Waals surface area contributed by atoms with Gasteiger partial charge in [-0.1, -0.05) is 103 Å². The minimum Gasteiger partial charge on any atom is -0.456 e. The number of hydrogen-bond acceptors (Lipinski definition) is 2. The van der Waals surface area contributed by atoms with Gasteiger partial charge in [-0.3, -0.25) is 0 Å². The van der Waals surface area contributed by atoms with Crippen molar-refractivity contribution in [1.82, 2.24) is 4.57 Å². The molecule has 10 aromatic rings. The van der Waals surface area contributed by atoms with E-state index in [0.717, 1.165) is 60.7 Å². The highest BCUT2D eigenvalue weighted by Crippen LogP contribution is 2.41. The molecule has 0 aliphatic carbocycles. The fourth-order valence-electron chi connectivity index (χ4n) is 7.20. The van der Waals surface area contributed by atoms with Gasteiger partial charge in [0, 0.05) is 32.5 Å². The van der Waals surface area contributed by atoms with E-state index in [-0.39, 0.29) is 0 Å². The molecule has 0 aliphatic rings.